The van der Waals surface area contributed by atoms with Crippen molar-refractivity contribution < 1.29 is 0 Å². The van der Waals surface area contributed by atoms with Crippen LogP contribution in [0.25, 0.3) is 0 Å². The van der Waals surface area contributed by atoms with E-state index in [0.29, 0.717) is 0 Å². The largest absolute Gasteiger partial charge is 0.303 e. The molecule has 96 valence electrons. The van der Waals surface area contributed by atoms with E-state index in [1.54, 1.807) is 0 Å². The second-order valence-corrected chi connectivity index (χ2v) is 4.79. The Morgan fingerprint density at radius 3 is 1.88 bits per heavy atom. The lowest BCUT2D eigenvalue weighted by molar-refractivity contribution is 0.262. The van der Waals surface area contributed by atoms with E-state index in [4.69, 9.17) is 0 Å². The maximum absolute atomic E-state index is 2.65. The molecule has 0 aliphatic carbocycles. The van der Waals surface area contributed by atoms with Gasteiger partial charge in [0.1, 0.15) is 0 Å². The molecular formula is C15H31N. The van der Waals surface area contributed by atoms with Gasteiger partial charge in [0.05, 0.1) is 0 Å². The van der Waals surface area contributed by atoms with Gasteiger partial charge in [-0.2, -0.15) is 0 Å². The van der Waals surface area contributed by atoms with Crippen LogP contribution < -0.4 is 0 Å². The quantitative estimate of drug-likeness (QED) is 0.490. The van der Waals surface area contributed by atoms with E-state index in [2.05, 4.69) is 38.7 Å². The fourth-order valence-corrected chi connectivity index (χ4v) is 1.82. The van der Waals surface area contributed by atoms with E-state index in [1.165, 1.54) is 63.7 Å². The van der Waals surface area contributed by atoms with E-state index >= 15 is 0 Å². The van der Waals surface area contributed by atoms with Crippen LogP contribution in [-0.4, -0.2) is 24.5 Å². The lowest BCUT2D eigenvalue weighted by Gasteiger charge is -2.21. The molecule has 0 saturated carbocycles. The number of rotatable bonds is 10. The molecule has 0 fully saturated rings. The van der Waals surface area contributed by atoms with Gasteiger partial charge in [-0.3, -0.25) is 0 Å². The lowest BCUT2D eigenvalue weighted by atomic mass is 10.1. The SMILES string of the molecule is CC=C(C)CCCN(CCCC)CCCC. The Morgan fingerprint density at radius 1 is 0.938 bits per heavy atom. The standard InChI is InChI=1S/C15H31N/c1-5-8-12-16(13-9-6-2)14-10-11-15(4)7-3/h7H,5-6,8-14H2,1-4H3. The van der Waals surface area contributed by atoms with Crippen LogP contribution in [0, 0.1) is 0 Å². The van der Waals surface area contributed by atoms with Gasteiger partial charge in [0.2, 0.25) is 0 Å². The van der Waals surface area contributed by atoms with Crippen LogP contribution >= 0.6 is 0 Å². The van der Waals surface area contributed by atoms with Crippen molar-refractivity contribution in [2.24, 2.45) is 0 Å². The van der Waals surface area contributed by atoms with Gasteiger partial charge in [-0.15, -0.1) is 0 Å². The molecule has 0 aromatic rings. The van der Waals surface area contributed by atoms with Gasteiger partial charge in [0, 0.05) is 0 Å². The van der Waals surface area contributed by atoms with Crippen molar-refractivity contribution in [1.29, 1.82) is 0 Å². The summed E-state index contributed by atoms with van der Waals surface area (Å²) in [5, 5.41) is 0. The molecule has 0 atom stereocenters. The Kier molecular flexibility index (Phi) is 11.0. The molecule has 0 N–H and O–H groups in total. The van der Waals surface area contributed by atoms with Crippen LogP contribution in [0.2, 0.25) is 0 Å². The van der Waals surface area contributed by atoms with E-state index in [1.807, 2.05) is 0 Å². The maximum atomic E-state index is 2.65. The highest BCUT2D eigenvalue weighted by molar-refractivity contribution is 4.95. The van der Waals surface area contributed by atoms with Crippen LogP contribution in [0.5, 0.6) is 0 Å². The summed E-state index contributed by atoms with van der Waals surface area (Å²) in [5.74, 6) is 0. The minimum Gasteiger partial charge on any atom is -0.303 e. The zero-order chi connectivity index (χ0) is 12.2. The van der Waals surface area contributed by atoms with Crippen molar-refractivity contribution in [3.8, 4) is 0 Å². The molecular weight excluding hydrogens is 194 g/mol. The van der Waals surface area contributed by atoms with Gasteiger partial charge in [-0.25, -0.2) is 0 Å². The van der Waals surface area contributed by atoms with Gasteiger partial charge >= 0.3 is 0 Å². The first-order chi connectivity index (χ1) is 7.74. The second-order valence-electron chi connectivity index (χ2n) is 4.79. The summed E-state index contributed by atoms with van der Waals surface area (Å²) in [6.45, 7) is 12.8. The number of unbranched alkanes of at least 4 members (excludes halogenated alkanes) is 2. The van der Waals surface area contributed by atoms with Crippen molar-refractivity contribution in [2.45, 2.75) is 66.2 Å². The van der Waals surface area contributed by atoms with Crippen molar-refractivity contribution in [3.63, 3.8) is 0 Å². The van der Waals surface area contributed by atoms with E-state index in [0.717, 1.165) is 0 Å². The predicted molar refractivity (Wildman–Crippen MR) is 74.9 cm³/mol. The third-order valence-corrected chi connectivity index (χ3v) is 3.19. The molecule has 0 aliphatic rings. The maximum Gasteiger partial charge on any atom is -0.00157 e. The molecule has 0 spiro atoms. The van der Waals surface area contributed by atoms with Gasteiger partial charge < -0.3 is 4.90 Å². The summed E-state index contributed by atoms with van der Waals surface area (Å²) in [7, 11) is 0. The van der Waals surface area contributed by atoms with Gasteiger partial charge in [0.15, 0.2) is 0 Å². The molecule has 0 bridgehead atoms. The molecule has 1 nitrogen and oxygen atoms in total. The molecule has 0 aromatic carbocycles. The smallest absolute Gasteiger partial charge is 0.00157 e. The highest BCUT2D eigenvalue weighted by atomic mass is 15.1. The van der Waals surface area contributed by atoms with Gasteiger partial charge in [-0.05, 0) is 59.2 Å². The van der Waals surface area contributed by atoms with E-state index in [-0.39, 0.29) is 0 Å². The minimum absolute atomic E-state index is 1.27. The zero-order valence-electron chi connectivity index (χ0n) is 11.9. The molecule has 0 aliphatic heterocycles. The molecule has 0 aromatic heterocycles. The second kappa shape index (κ2) is 11.2. The fraction of sp³-hybridized carbons (Fsp3) is 0.867. The summed E-state index contributed by atoms with van der Waals surface area (Å²) < 4.78 is 0. The Hall–Kier alpha value is -0.300. The number of hydrogen-bond donors (Lipinski definition) is 0. The Bertz CT molecular complexity index is 164. The number of hydrogen-bond acceptors (Lipinski definition) is 1. The van der Waals surface area contributed by atoms with Crippen LogP contribution in [0.1, 0.15) is 66.2 Å². The van der Waals surface area contributed by atoms with Gasteiger partial charge in [-0.1, -0.05) is 38.3 Å². The normalized spacial score (nSPS) is 12.4. The zero-order valence-corrected chi connectivity index (χ0v) is 11.9. The Balaban J connectivity index is 3.72. The van der Waals surface area contributed by atoms with Crippen LogP contribution in [-0.2, 0) is 0 Å². The van der Waals surface area contributed by atoms with Crippen LogP contribution in [0.15, 0.2) is 11.6 Å². The first-order valence-electron chi connectivity index (χ1n) is 7.08. The third kappa shape index (κ3) is 8.96. The Morgan fingerprint density at radius 2 is 1.44 bits per heavy atom. The van der Waals surface area contributed by atoms with Crippen molar-refractivity contribution in [1.82, 2.24) is 4.90 Å². The monoisotopic (exact) mass is 225 g/mol. The van der Waals surface area contributed by atoms with Crippen LogP contribution in [0.4, 0.5) is 0 Å². The van der Waals surface area contributed by atoms with Gasteiger partial charge in [0.25, 0.3) is 0 Å². The minimum atomic E-state index is 1.27. The van der Waals surface area contributed by atoms with E-state index < -0.39 is 0 Å². The molecule has 0 amide bonds. The van der Waals surface area contributed by atoms with E-state index in [9.17, 15) is 0 Å². The molecule has 0 unspecified atom stereocenters. The fourth-order valence-electron chi connectivity index (χ4n) is 1.82. The van der Waals surface area contributed by atoms with Crippen molar-refractivity contribution in [3.05, 3.63) is 11.6 Å². The molecule has 0 radical (unpaired) electrons. The molecule has 1 heteroatoms. The molecule has 0 heterocycles. The first kappa shape index (κ1) is 15.7. The van der Waals surface area contributed by atoms with Crippen molar-refractivity contribution >= 4 is 0 Å². The summed E-state index contributed by atoms with van der Waals surface area (Å²) in [5.41, 5.74) is 1.53. The Labute approximate surface area is 103 Å². The molecule has 0 saturated heterocycles. The topological polar surface area (TPSA) is 3.24 Å². The van der Waals surface area contributed by atoms with Crippen molar-refractivity contribution in [2.75, 3.05) is 19.6 Å². The highest BCUT2D eigenvalue weighted by Crippen LogP contribution is 2.06. The summed E-state index contributed by atoms with van der Waals surface area (Å²) in [6.07, 6.45) is 10.2. The first-order valence-corrected chi connectivity index (χ1v) is 7.08. The molecule has 16 heavy (non-hydrogen) atoms. The number of nitrogens with zero attached hydrogens (tertiary/aromatic N) is 1. The number of allylic oxidation sites excluding steroid dienone is 2. The average molecular weight is 225 g/mol. The average Bonchev–Trinajstić information content (AvgIpc) is 2.31. The highest BCUT2D eigenvalue weighted by Gasteiger charge is 2.03. The predicted octanol–water partition coefficient (Wildman–Crippen LogP) is 4.64. The lowest BCUT2D eigenvalue weighted by Crippen LogP contribution is -2.27. The summed E-state index contributed by atoms with van der Waals surface area (Å²) in [4.78, 5) is 2.65. The van der Waals surface area contributed by atoms with Crippen LogP contribution in [0.3, 0.4) is 0 Å². The molecule has 0 rings (SSSR count). The summed E-state index contributed by atoms with van der Waals surface area (Å²) in [6, 6.07) is 0. The third-order valence-electron chi connectivity index (χ3n) is 3.19. The summed E-state index contributed by atoms with van der Waals surface area (Å²) >= 11 is 0.